The van der Waals surface area contributed by atoms with Gasteiger partial charge in [-0.1, -0.05) is 12.1 Å². The molecule has 0 unspecified atom stereocenters. The van der Waals surface area contributed by atoms with E-state index in [9.17, 15) is 0 Å². The number of rotatable bonds is 5. The highest BCUT2D eigenvalue weighted by molar-refractivity contribution is 5.69. The molecule has 4 N–H and O–H groups in total. The first-order valence-corrected chi connectivity index (χ1v) is 5.84. The van der Waals surface area contributed by atoms with Crippen molar-refractivity contribution in [3.63, 3.8) is 0 Å². The predicted molar refractivity (Wildman–Crippen MR) is 71.0 cm³/mol. The quantitative estimate of drug-likeness (QED) is 0.545. The molecule has 0 radical (unpaired) electrons. The van der Waals surface area contributed by atoms with Gasteiger partial charge in [0.25, 0.3) is 0 Å². The predicted octanol–water partition coefficient (Wildman–Crippen LogP) is 2.35. The fourth-order valence-corrected chi connectivity index (χ4v) is 1.84. The van der Waals surface area contributed by atoms with E-state index in [-0.39, 0.29) is 0 Å². The van der Waals surface area contributed by atoms with Crippen molar-refractivity contribution >= 4 is 11.4 Å². The van der Waals surface area contributed by atoms with Crippen molar-refractivity contribution in [1.29, 1.82) is 0 Å². The average molecular weight is 230 g/mol. The first-order valence-electron chi connectivity index (χ1n) is 5.84. The monoisotopic (exact) mass is 230 g/mol. The summed E-state index contributed by atoms with van der Waals surface area (Å²) in [6.07, 6.45) is 5.61. The molecule has 4 heteroatoms. The van der Waals surface area contributed by atoms with Crippen LogP contribution in [0.5, 0.6) is 0 Å². The summed E-state index contributed by atoms with van der Waals surface area (Å²) in [6, 6.07) is 5.95. The number of para-hydroxylation sites is 1. The van der Waals surface area contributed by atoms with E-state index in [1.165, 1.54) is 5.56 Å². The van der Waals surface area contributed by atoms with E-state index >= 15 is 0 Å². The van der Waals surface area contributed by atoms with Crippen LogP contribution in [0.15, 0.2) is 30.6 Å². The number of nitrogen functional groups attached to an aromatic ring is 1. The van der Waals surface area contributed by atoms with Crippen LogP contribution in [0, 0.1) is 6.92 Å². The molecule has 0 aliphatic rings. The number of aryl methyl sites for hydroxylation is 2. The third-order valence-corrected chi connectivity index (χ3v) is 2.75. The Bertz CT molecular complexity index is 442. The molecule has 0 saturated carbocycles. The van der Waals surface area contributed by atoms with Gasteiger partial charge in [0.05, 0.1) is 11.4 Å². The number of nitrogens with two attached hydrogens (primary N) is 1. The second-order valence-electron chi connectivity index (χ2n) is 4.11. The molecule has 1 aromatic heterocycles. The third kappa shape index (κ3) is 3.00. The van der Waals surface area contributed by atoms with Gasteiger partial charge in [-0.2, -0.15) is 0 Å². The van der Waals surface area contributed by atoms with Crippen molar-refractivity contribution in [2.24, 2.45) is 0 Å². The van der Waals surface area contributed by atoms with Gasteiger partial charge in [-0.3, -0.25) is 0 Å². The van der Waals surface area contributed by atoms with E-state index in [2.05, 4.69) is 28.3 Å². The van der Waals surface area contributed by atoms with Crippen molar-refractivity contribution in [2.45, 2.75) is 19.8 Å². The number of aromatic amines is 1. The summed E-state index contributed by atoms with van der Waals surface area (Å²) in [4.78, 5) is 7.28. The number of aromatic nitrogens is 2. The number of benzene rings is 1. The molecule has 0 amide bonds. The maximum atomic E-state index is 5.92. The van der Waals surface area contributed by atoms with Gasteiger partial charge in [0, 0.05) is 25.4 Å². The van der Waals surface area contributed by atoms with E-state index in [1.807, 2.05) is 18.3 Å². The minimum atomic E-state index is 0.808. The molecule has 0 atom stereocenters. The van der Waals surface area contributed by atoms with Gasteiger partial charge < -0.3 is 16.0 Å². The van der Waals surface area contributed by atoms with E-state index in [0.717, 1.165) is 36.6 Å². The van der Waals surface area contributed by atoms with Crippen molar-refractivity contribution in [1.82, 2.24) is 9.97 Å². The highest BCUT2D eigenvalue weighted by Crippen LogP contribution is 2.22. The topological polar surface area (TPSA) is 66.7 Å². The molecule has 0 fully saturated rings. The molecule has 0 spiro atoms. The number of nitrogens with zero attached hydrogens (tertiary/aromatic N) is 1. The maximum absolute atomic E-state index is 5.92. The molecule has 0 bridgehead atoms. The Kier molecular flexibility index (Phi) is 3.65. The molecule has 0 aliphatic carbocycles. The van der Waals surface area contributed by atoms with E-state index in [0.29, 0.717) is 0 Å². The zero-order valence-corrected chi connectivity index (χ0v) is 10.0. The molecular formula is C13H18N4. The molecule has 2 aromatic rings. The minimum absolute atomic E-state index is 0.808. The second kappa shape index (κ2) is 5.39. The number of H-pyrrole nitrogens is 1. The van der Waals surface area contributed by atoms with Crippen LogP contribution in [0.25, 0.3) is 0 Å². The Hall–Kier alpha value is -1.97. The Morgan fingerprint density at radius 2 is 2.29 bits per heavy atom. The summed E-state index contributed by atoms with van der Waals surface area (Å²) in [5, 5.41) is 3.38. The number of imidazole rings is 1. The first kappa shape index (κ1) is 11.5. The summed E-state index contributed by atoms with van der Waals surface area (Å²) >= 11 is 0. The van der Waals surface area contributed by atoms with Crippen LogP contribution in [0.4, 0.5) is 11.4 Å². The Morgan fingerprint density at radius 3 is 3.00 bits per heavy atom. The lowest BCUT2D eigenvalue weighted by atomic mass is 10.1. The van der Waals surface area contributed by atoms with E-state index in [1.54, 1.807) is 6.20 Å². The highest BCUT2D eigenvalue weighted by atomic mass is 14.9. The third-order valence-electron chi connectivity index (χ3n) is 2.75. The molecule has 1 heterocycles. The van der Waals surface area contributed by atoms with Crippen LogP contribution in [0.2, 0.25) is 0 Å². The number of nitrogens with one attached hydrogen (secondary N) is 2. The average Bonchev–Trinajstić information content (AvgIpc) is 2.80. The maximum Gasteiger partial charge on any atom is 0.106 e. The largest absolute Gasteiger partial charge is 0.397 e. The van der Waals surface area contributed by atoms with Crippen molar-refractivity contribution in [2.75, 3.05) is 17.6 Å². The van der Waals surface area contributed by atoms with Gasteiger partial charge in [0.15, 0.2) is 0 Å². The number of hydrogen-bond donors (Lipinski definition) is 3. The lowest BCUT2D eigenvalue weighted by Gasteiger charge is -2.11. The van der Waals surface area contributed by atoms with Crippen molar-refractivity contribution in [3.05, 3.63) is 42.0 Å². The smallest absolute Gasteiger partial charge is 0.106 e. The molecule has 4 nitrogen and oxygen atoms in total. The lowest BCUT2D eigenvalue weighted by molar-refractivity contribution is 0.816. The second-order valence-corrected chi connectivity index (χ2v) is 4.11. The molecule has 2 rings (SSSR count). The summed E-state index contributed by atoms with van der Waals surface area (Å²) < 4.78 is 0. The fourth-order valence-electron chi connectivity index (χ4n) is 1.84. The Morgan fingerprint density at radius 1 is 1.41 bits per heavy atom. The van der Waals surface area contributed by atoms with Gasteiger partial charge in [0.1, 0.15) is 5.82 Å². The van der Waals surface area contributed by atoms with Crippen LogP contribution in [0.1, 0.15) is 17.8 Å². The molecule has 0 aliphatic heterocycles. The van der Waals surface area contributed by atoms with Gasteiger partial charge in [-0.05, 0) is 25.0 Å². The normalized spacial score (nSPS) is 10.4. The van der Waals surface area contributed by atoms with E-state index in [4.69, 9.17) is 5.73 Å². The summed E-state index contributed by atoms with van der Waals surface area (Å²) in [5.41, 5.74) is 8.96. The molecule has 0 saturated heterocycles. The highest BCUT2D eigenvalue weighted by Gasteiger charge is 2.01. The zero-order chi connectivity index (χ0) is 12.1. The standard InChI is InChI=1S/C13H18N4/c1-10-4-2-5-11(14)13(10)17-7-3-6-12-15-8-9-16-12/h2,4-5,8-9,17H,3,6-7,14H2,1H3,(H,15,16). The molecule has 1 aromatic carbocycles. The Balaban J connectivity index is 1.82. The molecular weight excluding hydrogens is 212 g/mol. The summed E-state index contributed by atoms with van der Waals surface area (Å²) in [5.74, 6) is 1.03. The van der Waals surface area contributed by atoms with Crippen LogP contribution >= 0.6 is 0 Å². The molecule has 17 heavy (non-hydrogen) atoms. The Labute approximate surface area is 101 Å². The zero-order valence-electron chi connectivity index (χ0n) is 10.0. The van der Waals surface area contributed by atoms with Crippen LogP contribution in [-0.2, 0) is 6.42 Å². The SMILES string of the molecule is Cc1cccc(N)c1NCCCc1ncc[nH]1. The van der Waals surface area contributed by atoms with Crippen LogP contribution in [-0.4, -0.2) is 16.5 Å². The number of anilines is 2. The van der Waals surface area contributed by atoms with Crippen molar-refractivity contribution in [3.8, 4) is 0 Å². The minimum Gasteiger partial charge on any atom is -0.397 e. The van der Waals surface area contributed by atoms with Crippen LogP contribution in [0.3, 0.4) is 0 Å². The van der Waals surface area contributed by atoms with Gasteiger partial charge in [-0.15, -0.1) is 0 Å². The van der Waals surface area contributed by atoms with Crippen LogP contribution < -0.4 is 11.1 Å². The first-order chi connectivity index (χ1) is 8.27. The van der Waals surface area contributed by atoms with Crippen molar-refractivity contribution < 1.29 is 0 Å². The summed E-state index contributed by atoms with van der Waals surface area (Å²) in [6.45, 7) is 2.96. The number of hydrogen-bond acceptors (Lipinski definition) is 3. The fraction of sp³-hybridized carbons (Fsp3) is 0.308. The molecule has 90 valence electrons. The van der Waals surface area contributed by atoms with Gasteiger partial charge in [0.2, 0.25) is 0 Å². The van der Waals surface area contributed by atoms with Gasteiger partial charge >= 0.3 is 0 Å². The van der Waals surface area contributed by atoms with E-state index < -0.39 is 0 Å². The van der Waals surface area contributed by atoms with Gasteiger partial charge in [-0.25, -0.2) is 4.98 Å². The lowest BCUT2D eigenvalue weighted by Crippen LogP contribution is -2.07. The summed E-state index contributed by atoms with van der Waals surface area (Å²) in [7, 11) is 0.